The fourth-order valence-electron chi connectivity index (χ4n) is 1.30. The van der Waals surface area contributed by atoms with Crippen molar-refractivity contribution in [3.8, 4) is 11.8 Å². The number of hydrogen-bond donors (Lipinski definition) is 1. The molecule has 0 aliphatic rings. The van der Waals surface area contributed by atoms with Crippen LogP contribution in [0.3, 0.4) is 0 Å². The van der Waals surface area contributed by atoms with Crippen molar-refractivity contribution in [1.29, 1.82) is 5.26 Å². The first kappa shape index (κ1) is 12.3. The lowest BCUT2D eigenvalue weighted by Gasteiger charge is -2.10. The van der Waals surface area contributed by atoms with E-state index in [9.17, 15) is 0 Å². The quantitative estimate of drug-likeness (QED) is 0.768. The molecule has 84 valence electrons. The lowest BCUT2D eigenvalue weighted by Crippen LogP contribution is -2.22. The second kappa shape index (κ2) is 5.94. The molecule has 0 fully saturated rings. The van der Waals surface area contributed by atoms with Gasteiger partial charge < -0.3 is 10.1 Å². The van der Waals surface area contributed by atoms with Crippen LogP contribution < -0.4 is 10.1 Å². The lowest BCUT2D eigenvalue weighted by atomic mass is 10.1. The van der Waals surface area contributed by atoms with Gasteiger partial charge in [-0.1, -0.05) is 12.1 Å². The van der Waals surface area contributed by atoms with Crippen molar-refractivity contribution in [2.75, 3.05) is 7.11 Å². The molecule has 0 aliphatic heterocycles. The molecule has 1 N–H and O–H groups in total. The summed E-state index contributed by atoms with van der Waals surface area (Å²) in [5.41, 5.74) is 1.65. The third-order valence-electron chi connectivity index (χ3n) is 2.37. The van der Waals surface area contributed by atoms with E-state index < -0.39 is 0 Å². The van der Waals surface area contributed by atoms with Crippen LogP contribution in [0.4, 0.5) is 0 Å². The standard InChI is InChI=1S/C13H16N2O/c1-4-10(2)15-9-11-5-6-12(8-14)13(7-11)16-3/h4-7,10,15H,1,9H2,2-3H3. The topological polar surface area (TPSA) is 45.0 Å². The number of benzene rings is 1. The summed E-state index contributed by atoms with van der Waals surface area (Å²) in [5.74, 6) is 0.619. The second-order valence-electron chi connectivity index (χ2n) is 3.55. The minimum Gasteiger partial charge on any atom is -0.495 e. The fraction of sp³-hybridized carbons (Fsp3) is 0.308. The van der Waals surface area contributed by atoms with Gasteiger partial charge in [0.25, 0.3) is 0 Å². The Balaban J connectivity index is 2.76. The molecule has 0 spiro atoms. The molecule has 0 saturated heterocycles. The van der Waals surface area contributed by atoms with Crippen LogP contribution in [-0.4, -0.2) is 13.2 Å². The van der Waals surface area contributed by atoms with Gasteiger partial charge in [-0.2, -0.15) is 5.26 Å². The van der Waals surface area contributed by atoms with Crippen LogP contribution in [0.25, 0.3) is 0 Å². The first-order valence-electron chi connectivity index (χ1n) is 5.14. The van der Waals surface area contributed by atoms with E-state index in [0.717, 1.165) is 12.1 Å². The highest BCUT2D eigenvalue weighted by molar-refractivity contribution is 5.45. The highest BCUT2D eigenvalue weighted by Gasteiger charge is 2.04. The van der Waals surface area contributed by atoms with Crippen molar-refractivity contribution in [3.63, 3.8) is 0 Å². The summed E-state index contributed by atoms with van der Waals surface area (Å²) in [4.78, 5) is 0. The number of methoxy groups -OCH3 is 1. The van der Waals surface area contributed by atoms with Crippen LogP contribution in [0, 0.1) is 11.3 Å². The van der Waals surface area contributed by atoms with Crippen molar-refractivity contribution in [3.05, 3.63) is 42.0 Å². The zero-order valence-corrected chi connectivity index (χ0v) is 9.66. The summed E-state index contributed by atoms with van der Waals surface area (Å²) in [6.07, 6.45) is 1.85. The van der Waals surface area contributed by atoms with E-state index in [1.165, 1.54) is 0 Å². The van der Waals surface area contributed by atoms with Gasteiger partial charge in [0.1, 0.15) is 11.8 Å². The SMILES string of the molecule is C=CC(C)NCc1ccc(C#N)c(OC)c1. The minimum absolute atomic E-state index is 0.265. The van der Waals surface area contributed by atoms with Gasteiger partial charge in [-0.25, -0.2) is 0 Å². The van der Waals surface area contributed by atoms with Crippen molar-refractivity contribution in [1.82, 2.24) is 5.32 Å². The van der Waals surface area contributed by atoms with Crippen molar-refractivity contribution >= 4 is 0 Å². The van der Waals surface area contributed by atoms with E-state index in [4.69, 9.17) is 10.00 Å². The van der Waals surface area contributed by atoms with Crippen LogP contribution in [-0.2, 0) is 6.54 Å². The maximum atomic E-state index is 8.84. The highest BCUT2D eigenvalue weighted by atomic mass is 16.5. The van der Waals surface area contributed by atoms with Gasteiger partial charge >= 0.3 is 0 Å². The Morgan fingerprint density at radius 3 is 2.94 bits per heavy atom. The number of rotatable bonds is 5. The van der Waals surface area contributed by atoms with Gasteiger partial charge in [-0.15, -0.1) is 6.58 Å². The average molecular weight is 216 g/mol. The molecule has 0 aromatic heterocycles. The van der Waals surface area contributed by atoms with Gasteiger partial charge in [0.05, 0.1) is 12.7 Å². The average Bonchev–Trinajstić information content (AvgIpc) is 2.35. The molecule has 1 unspecified atom stereocenters. The summed E-state index contributed by atoms with van der Waals surface area (Å²) in [7, 11) is 1.57. The van der Waals surface area contributed by atoms with E-state index in [2.05, 4.69) is 18.0 Å². The summed E-state index contributed by atoms with van der Waals surface area (Å²) >= 11 is 0. The molecular weight excluding hydrogens is 200 g/mol. The molecule has 3 nitrogen and oxygen atoms in total. The van der Waals surface area contributed by atoms with Crippen LogP contribution in [0.1, 0.15) is 18.1 Å². The van der Waals surface area contributed by atoms with Crippen LogP contribution in [0.15, 0.2) is 30.9 Å². The molecule has 1 atom stereocenters. The monoisotopic (exact) mass is 216 g/mol. The zero-order valence-electron chi connectivity index (χ0n) is 9.66. The van der Waals surface area contributed by atoms with E-state index in [-0.39, 0.29) is 6.04 Å². The Hall–Kier alpha value is -1.79. The molecule has 0 saturated carbocycles. The zero-order chi connectivity index (χ0) is 12.0. The fourth-order valence-corrected chi connectivity index (χ4v) is 1.30. The third-order valence-corrected chi connectivity index (χ3v) is 2.37. The van der Waals surface area contributed by atoms with E-state index >= 15 is 0 Å². The van der Waals surface area contributed by atoms with Gasteiger partial charge in [0, 0.05) is 12.6 Å². The Morgan fingerprint density at radius 2 is 2.38 bits per heavy atom. The molecule has 0 radical (unpaired) electrons. The molecular formula is C13H16N2O. The highest BCUT2D eigenvalue weighted by Crippen LogP contribution is 2.19. The van der Waals surface area contributed by atoms with Crippen molar-refractivity contribution < 1.29 is 4.74 Å². The largest absolute Gasteiger partial charge is 0.495 e. The van der Waals surface area contributed by atoms with E-state index in [1.54, 1.807) is 13.2 Å². The third kappa shape index (κ3) is 3.11. The second-order valence-corrected chi connectivity index (χ2v) is 3.55. The Morgan fingerprint density at radius 1 is 1.62 bits per heavy atom. The molecule has 0 amide bonds. The van der Waals surface area contributed by atoms with Gasteiger partial charge in [0.2, 0.25) is 0 Å². The van der Waals surface area contributed by atoms with Crippen molar-refractivity contribution in [2.24, 2.45) is 0 Å². The summed E-state index contributed by atoms with van der Waals surface area (Å²) in [6.45, 7) is 6.47. The molecule has 16 heavy (non-hydrogen) atoms. The number of hydrogen-bond acceptors (Lipinski definition) is 3. The number of nitrogens with zero attached hydrogens (tertiary/aromatic N) is 1. The van der Waals surface area contributed by atoms with E-state index in [0.29, 0.717) is 11.3 Å². The number of nitrogens with one attached hydrogen (secondary N) is 1. The molecule has 0 bridgehead atoms. The number of ether oxygens (including phenoxy) is 1. The Bertz CT molecular complexity index is 407. The Labute approximate surface area is 96.4 Å². The molecule has 3 heteroatoms. The lowest BCUT2D eigenvalue weighted by molar-refractivity contribution is 0.412. The molecule has 1 aromatic rings. The summed E-state index contributed by atoms with van der Waals surface area (Å²) < 4.78 is 5.14. The first-order valence-corrected chi connectivity index (χ1v) is 5.14. The summed E-state index contributed by atoms with van der Waals surface area (Å²) in [6, 6.07) is 7.92. The first-order chi connectivity index (χ1) is 7.71. The number of nitriles is 1. The smallest absolute Gasteiger partial charge is 0.136 e. The van der Waals surface area contributed by atoms with Crippen molar-refractivity contribution in [2.45, 2.75) is 19.5 Å². The van der Waals surface area contributed by atoms with Crippen LogP contribution in [0.5, 0.6) is 5.75 Å². The molecule has 0 heterocycles. The molecule has 1 aromatic carbocycles. The molecule has 0 aliphatic carbocycles. The predicted molar refractivity (Wildman–Crippen MR) is 64.2 cm³/mol. The minimum atomic E-state index is 0.265. The van der Waals surface area contributed by atoms with Gasteiger partial charge in [-0.05, 0) is 24.6 Å². The maximum Gasteiger partial charge on any atom is 0.136 e. The Kier molecular flexibility index (Phi) is 4.56. The van der Waals surface area contributed by atoms with Crippen LogP contribution in [0.2, 0.25) is 0 Å². The van der Waals surface area contributed by atoms with Crippen LogP contribution >= 0.6 is 0 Å². The summed E-state index contributed by atoms with van der Waals surface area (Å²) in [5, 5.41) is 12.1. The normalized spacial score (nSPS) is 11.6. The van der Waals surface area contributed by atoms with Gasteiger partial charge in [0.15, 0.2) is 0 Å². The maximum absolute atomic E-state index is 8.84. The van der Waals surface area contributed by atoms with Gasteiger partial charge in [-0.3, -0.25) is 0 Å². The molecule has 1 rings (SSSR count). The predicted octanol–water partition coefficient (Wildman–Crippen LogP) is 2.23. The van der Waals surface area contributed by atoms with E-state index in [1.807, 2.05) is 25.1 Å².